The molecule has 6 heteroatoms. The summed E-state index contributed by atoms with van der Waals surface area (Å²) >= 11 is 0. The molecule has 0 aromatic heterocycles. The highest BCUT2D eigenvalue weighted by Gasteiger charge is 2.22. The summed E-state index contributed by atoms with van der Waals surface area (Å²) in [5.74, 6) is -1.79. The molecule has 0 amide bonds. The molecule has 0 aliphatic heterocycles. The van der Waals surface area contributed by atoms with Crippen molar-refractivity contribution in [1.29, 1.82) is 0 Å². The molecule has 0 unspecified atom stereocenters. The average Bonchev–Trinajstić information content (AvgIpc) is 2.49. The van der Waals surface area contributed by atoms with E-state index in [1.54, 1.807) is 12.1 Å². The summed E-state index contributed by atoms with van der Waals surface area (Å²) in [5.41, 5.74) is 2.05. The van der Waals surface area contributed by atoms with Gasteiger partial charge in [0.05, 0.1) is 5.69 Å². The monoisotopic (exact) mass is 325 g/mol. The molecular formula is C16H17F2NO2S. The van der Waals surface area contributed by atoms with Crippen LogP contribution in [0.15, 0.2) is 41.3 Å². The lowest BCUT2D eigenvalue weighted by Crippen LogP contribution is -2.17. The van der Waals surface area contributed by atoms with E-state index in [2.05, 4.69) is 4.72 Å². The van der Waals surface area contributed by atoms with E-state index in [-0.39, 0.29) is 0 Å². The number of hydrogen-bond donors (Lipinski definition) is 1. The summed E-state index contributed by atoms with van der Waals surface area (Å²) < 4.78 is 54.2. The summed E-state index contributed by atoms with van der Waals surface area (Å²) in [6.45, 7) is 3.80. The molecule has 0 aliphatic rings. The molecule has 0 heterocycles. The Morgan fingerprint density at radius 2 is 1.59 bits per heavy atom. The smallest absolute Gasteiger partial charge is 0.264 e. The molecule has 0 saturated carbocycles. The quantitative estimate of drug-likeness (QED) is 0.906. The van der Waals surface area contributed by atoms with Crippen molar-refractivity contribution in [1.82, 2.24) is 0 Å². The van der Waals surface area contributed by atoms with Gasteiger partial charge < -0.3 is 0 Å². The molecule has 0 aliphatic carbocycles. The van der Waals surface area contributed by atoms with Gasteiger partial charge in [0.15, 0.2) is 0 Å². The zero-order chi connectivity index (χ0) is 16.3. The largest absolute Gasteiger partial charge is 0.279 e. The lowest BCUT2D eigenvalue weighted by atomic mass is 10.0. The second-order valence-corrected chi connectivity index (χ2v) is 6.49. The van der Waals surface area contributed by atoms with Crippen LogP contribution in [0.3, 0.4) is 0 Å². The van der Waals surface area contributed by atoms with E-state index >= 15 is 0 Å². The third-order valence-corrected chi connectivity index (χ3v) is 4.78. The first-order valence-corrected chi connectivity index (χ1v) is 8.46. The third-order valence-electron chi connectivity index (χ3n) is 3.42. The lowest BCUT2D eigenvalue weighted by Gasteiger charge is -2.16. The second kappa shape index (κ2) is 6.44. The van der Waals surface area contributed by atoms with Crippen molar-refractivity contribution in [2.75, 3.05) is 4.72 Å². The fourth-order valence-electron chi connectivity index (χ4n) is 2.25. The van der Waals surface area contributed by atoms with Crippen molar-refractivity contribution >= 4 is 15.7 Å². The third kappa shape index (κ3) is 3.27. The Morgan fingerprint density at radius 1 is 1.00 bits per heavy atom. The van der Waals surface area contributed by atoms with Crippen LogP contribution in [0, 0.1) is 11.6 Å². The maximum absolute atomic E-state index is 13.7. The minimum absolute atomic E-state index is 0.441. The Labute approximate surface area is 129 Å². The maximum Gasteiger partial charge on any atom is 0.264 e. The normalized spacial score (nSPS) is 11.5. The van der Waals surface area contributed by atoms with Crippen molar-refractivity contribution in [2.45, 2.75) is 31.6 Å². The van der Waals surface area contributed by atoms with Gasteiger partial charge in [-0.05, 0) is 42.2 Å². The number of halogens is 2. The number of nitrogens with one attached hydrogen (secondary N) is 1. The standard InChI is InChI=1S/C16H17F2NO2S/c1-3-11-6-5-7-12(4-2)16(11)19-22(20,21)15-10-13(17)8-9-14(15)18/h5-10,19H,3-4H2,1-2H3. The molecule has 0 saturated heterocycles. The predicted octanol–water partition coefficient (Wildman–Crippen LogP) is 3.89. The van der Waals surface area contributed by atoms with Crippen molar-refractivity contribution in [3.8, 4) is 0 Å². The molecule has 22 heavy (non-hydrogen) atoms. The highest BCUT2D eigenvalue weighted by molar-refractivity contribution is 7.92. The van der Waals surface area contributed by atoms with Gasteiger partial charge >= 0.3 is 0 Å². The molecule has 1 N–H and O–H groups in total. The number of hydrogen-bond acceptors (Lipinski definition) is 2. The van der Waals surface area contributed by atoms with Gasteiger partial charge in [-0.25, -0.2) is 17.2 Å². The van der Waals surface area contributed by atoms with Crippen LogP contribution >= 0.6 is 0 Å². The fourth-order valence-corrected chi connectivity index (χ4v) is 3.48. The van der Waals surface area contributed by atoms with Crippen molar-refractivity contribution in [3.63, 3.8) is 0 Å². The van der Waals surface area contributed by atoms with E-state index in [9.17, 15) is 17.2 Å². The average molecular weight is 325 g/mol. The van der Waals surface area contributed by atoms with Gasteiger partial charge in [-0.1, -0.05) is 32.0 Å². The molecular weight excluding hydrogens is 308 g/mol. The number of anilines is 1. The second-order valence-electron chi connectivity index (χ2n) is 4.84. The van der Waals surface area contributed by atoms with Gasteiger partial charge in [-0.15, -0.1) is 0 Å². The first kappa shape index (κ1) is 16.4. The van der Waals surface area contributed by atoms with Crippen LogP contribution in [-0.2, 0) is 22.9 Å². The van der Waals surface area contributed by atoms with Crippen LogP contribution in [-0.4, -0.2) is 8.42 Å². The fraction of sp³-hybridized carbons (Fsp3) is 0.250. The minimum atomic E-state index is -4.20. The summed E-state index contributed by atoms with van der Waals surface area (Å²) in [5, 5.41) is 0. The molecule has 3 nitrogen and oxygen atoms in total. The van der Waals surface area contributed by atoms with Gasteiger partial charge in [0.1, 0.15) is 16.5 Å². The number of aryl methyl sites for hydroxylation is 2. The van der Waals surface area contributed by atoms with E-state index < -0.39 is 26.6 Å². The van der Waals surface area contributed by atoms with Gasteiger partial charge in [0.2, 0.25) is 0 Å². The van der Waals surface area contributed by atoms with Gasteiger partial charge in [0.25, 0.3) is 10.0 Å². The summed E-state index contributed by atoms with van der Waals surface area (Å²) in [4.78, 5) is -0.694. The highest BCUT2D eigenvalue weighted by Crippen LogP contribution is 2.26. The summed E-state index contributed by atoms with van der Waals surface area (Å²) in [6.07, 6.45) is 1.24. The molecule has 118 valence electrons. The number of benzene rings is 2. The molecule has 0 bridgehead atoms. The van der Waals surface area contributed by atoms with Crippen LogP contribution in [0.2, 0.25) is 0 Å². The molecule has 2 rings (SSSR count). The maximum atomic E-state index is 13.7. The van der Waals surface area contributed by atoms with E-state index in [4.69, 9.17) is 0 Å². The van der Waals surface area contributed by atoms with E-state index in [1.165, 1.54) is 0 Å². The first-order valence-electron chi connectivity index (χ1n) is 6.97. The van der Waals surface area contributed by atoms with Gasteiger partial charge in [0, 0.05) is 0 Å². The molecule has 0 spiro atoms. The number of sulfonamides is 1. The lowest BCUT2D eigenvalue weighted by molar-refractivity contribution is 0.555. The van der Waals surface area contributed by atoms with E-state index in [0.29, 0.717) is 24.6 Å². The van der Waals surface area contributed by atoms with Crippen LogP contribution in [0.5, 0.6) is 0 Å². The van der Waals surface area contributed by atoms with Crippen LogP contribution in [0.25, 0.3) is 0 Å². The molecule has 0 fully saturated rings. The minimum Gasteiger partial charge on any atom is -0.279 e. The zero-order valence-corrected chi connectivity index (χ0v) is 13.2. The zero-order valence-electron chi connectivity index (χ0n) is 12.4. The predicted molar refractivity (Wildman–Crippen MR) is 82.4 cm³/mol. The van der Waals surface area contributed by atoms with Crippen LogP contribution < -0.4 is 4.72 Å². The molecule has 0 radical (unpaired) electrons. The Hall–Kier alpha value is -1.95. The van der Waals surface area contributed by atoms with E-state index in [0.717, 1.165) is 23.3 Å². The SMILES string of the molecule is CCc1cccc(CC)c1NS(=O)(=O)c1cc(F)ccc1F. The number of para-hydroxylation sites is 1. The number of rotatable bonds is 5. The highest BCUT2D eigenvalue weighted by atomic mass is 32.2. The van der Waals surface area contributed by atoms with Gasteiger partial charge in [-0.3, -0.25) is 4.72 Å². The summed E-state index contributed by atoms with van der Waals surface area (Å²) in [7, 11) is -4.20. The summed E-state index contributed by atoms with van der Waals surface area (Å²) in [6, 6.07) is 7.82. The molecule has 2 aromatic carbocycles. The first-order chi connectivity index (χ1) is 10.4. The van der Waals surface area contributed by atoms with Crippen molar-refractivity contribution in [2.24, 2.45) is 0 Å². The topological polar surface area (TPSA) is 46.2 Å². The van der Waals surface area contributed by atoms with Crippen LogP contribution in [0.4, 0.5) is 14.5 Å². The van der Waals surface area contributed by atoms with Crippen molar-refractivity contribution < 1.29 is 17.2 Å². The van der Waals surface area contributed by atoms with Crippen LogP contribution in [0.1, 0.15) is 25.0 Å². The Kier molecular flexibility index (Phi) is 4.81. The van der Waals surface area contributed by atoms with Gasteiger partial charge in [-0.2, -0.15) is 0 Å². The van der Waals surface area contributed by atoms with Crippen molar-refractivity contribution in [3.05, 3.63) is 59.2 Å². The van der Waals surface area contributed by atoms with E-state index in [1.807, 2.05) is 19.9 Å². The Balaban J connectivity index is 2.52. The Bertz CT molecular complexity index is 766. The Morgan fingerprint density at radius 3 is 2.14 bits per heavy atom. The molecule has 2 aromatic rings. The molecule has 0 atom stereocenters.